The van der Waals surface area contributed by atoms with Crippen molar-refractivity contribution in [2.45, 2.75) is 33.3 Å². The van der Waals surface area contributed by atoms with Gasteiger partial charge < -0.3 is 18.9 Å². The van der Waals surface area contributed by atoms with E-state index in [0.29, 0.717) is 38.6 Å². The van der Waals surface area contributed by atoms with Crippen LogP contribution in [0.4, 0.5) is 0 Å². The molecule has 0 fully saturated rings. The van der Waals surface area contributed by atoms with E-state index >= 15 is 0 Å². The van der Waals surface area contributed by atoms with Crippen molar-refractivity contribution in [3.63, 3.8) is 0 Å². The first-order valence-corrected chi connectivity index (χ1v) is 6.45. The largest absolute Gasteiger partial charge is 0.460 e. The summed E-state index contributed by atoms with van der Waals surface area (Å²) >= 11 is 0. The van der Waals surface area contributed by atoms with Gasteiger partial charge in [-0.25, -0.2) is 4.79 Å². The summed E-state index contributed by atoms with van der Waals surface area (Å²) in [5.74, 6) is -0.390. The van der Waals surface area contributed by atoms with Crippen molar-refractivity contribution in [2.75, 3.05) is 39.6 Å². The van der Waals surface area contributed by atoms with Crippen LogP contribution < -0.4 is 0 Å². The van der Waals surface area contributed by atoms with Gasteiger partial charge in [-0.3, -0.25) is 0 Å². The summed E-state index contributed by atoms with van der Waals surface area (Å²) in [5, 5.41) is 0. The summed E-state index contributed by atoms with van der Waals surface area (Å²) in [5.41, 5.74) is 0.259. The molecule has 19 heavy (non-hydrogen) atoms. The van der Waals surface area contributed by atoms with Gasteiger partial charge in [0, 0.05) is 5.57 Å². The zero-order chi connectivity index (χ0) is 14.7. The van der Waals surface area contributed by atoms with E-state index in [1.54, 1.807) is 6.92 Å². The van der Waals surface area contributed by atoms with Crippen molar-refractivity contribution >= 4 is 5.97 Å². The summed E-state index contributed by atoms with van der Waals surface area (Å²) < 4.78 is 20.9. The Bertz CT molecular complexity index is 268. The number of hydrogen-bond acceptors (Lipinski definition) is 5. The summed E-state index contributed by atoms with van der Waals surface area (Å²) in [6.45, 7) is 13.8. The molecule has 0 aliphatic heterocycles. The van der Waals surface area contributed by atoms with Crippen molar-refractivity contribution in [1.82, 2.24) is 0 Å². The van der Waals surface area contributed by atoms with Gasteiger partial charge in [-0.05, 0) is 27.7 Å². The van der Waals surface area contributed by atoms with Gasteiger partial charge in [0.05, 0.1) is 38.6 Å². The highest BCUT2D eigenvalue weighted by molar-refractivity contribution is 5.86. The Morgan fingerprint density at radius 3 is 1.89 bits per heavy atom. The Labute approximate surface area is 115 Å². The Morgan fingerprint density at radius 1 is 0.947 bits per heavy atom. The van der Waals surface area contributed by atoms with Gasteiger partial charge >= 0.3 is 5.97 Å². The number of carbonyl (C=O) groups excluding carboxylic acids is 1. The maximum atomic E-state index is 11.0. The van der Waals surface area contributed by atoms with E-state index < -0.39 is 0 Å². The van der Waals surface area contributed by atoms with E-state index in [0.717, 1.165) is 0 Å². The number of esters is 1. The van der Waals surface area contributed by atoms with Crippen LogP contribution in [0, 0.1) is 0 Å². The molecule has 0 saturated heterocycles. The topological polar surface area (TPSA) is 54.0 Å². The predicted molar refractivity (Wildman–Crippen MR) is 73.1 cm³/mol. The molecule has 0 radical (unpaired) electrons. The second-order valence-corrected chi connectivity index (χ2v) is 5.10. The number of rotatable bonds is 10. The van der Waals surface area contributed by atoms with Crippen LogP contribution in [-0.2, 0) is 23.7 Å². The molecule has 0 unspecified atom stereocenters. The minimum Gasteiger partial charge on any atom is -0.460 e. The van der Waals surface area contributed by atoms with Gasteiger partial charge in [-0.1, -0.05) is 6.58 Å². The molecular formula is C14H26O5. The Kier molecular flexibility index (Phi) is 9.47. The van der Waals surface area contributed by atoms with Crippen LogP contribution in [0.1, 0.15) is 27.7 Å². The summed E-state index contributed by atoms with van der Waals surface area (Å²) in [7, 11) is 0. The van der Waals surface area contributed by atoms with Crippen LogP contribution >= 0.6 is 0 Å². The summed E-state index contributed by atoms with van der Waals surface area (Å²) in [4.78, 5) is 11.0. The van der Waals surface area contributed by atoms with Crippen LogP contribution in [0.5, 0.6) is 0 Å². The first-order chi connectivity index (χ1) is 8.83. The van der Waals surface area contributed by atoms with Crippen molar-refractivity contribution < 1.29 is 23.7 Å². The van der Waals surface area contributed by atoms with E-state index in [-0.39, 0.29) is 18.2 Å². The van der Waals surface area contributed by atoms with E-state index in [1.807, 2.05) is 20.8 Å². The molecular weight excluding hydrogens is 248 g/mol. The molecule has 0 aromatic heterocycles. The van der Waals surface area contributed by atoms with Crippen LogP contribution in [0.2, 0.25) is 0 Å². The van der Waals surface area contributed by atoms with Crippen LogP contribution in [0.15, 0.2) is 12.2 Å². The Balaban J connectivity index is 3.20. The highest BCUT2D eigenvalue weighted by Gasteiger charge is 2.08. The van der Waals surface area contributed by atoms with Gasteiger partial charge in [0.15, 0.2) is 0 Å². The predicted octanol–water partition coefficient (Wildman–Crippen LogP) is 1.95. The van der Waals surface area contributed by atoms with Crippen molar-refractivity contribution in [1.29, 1.82) is 0 Å². The number of carbonyl (C=O) groups is 1. The normalized spacial score (nSPS) is 11.4. The fourth-order valence-electron chi connectivity index (χ4n) is 1.05. The van der Waals surface area contributed by atoms with Gasteiger partial charge in [0.1, 0.15) is 6.61 Å². The monoisotopic (exact) mass is 274 g/mol. The molecule has 0 aliphatic rings. The first kappa shape index (κ1) is 18.1. The average molecular weight is 274 g/mol. The second-order valence-electron chi connectivity index (χ2n) is 5.10. The fraction of sp³-hybridized carbons (Fsp3) is 0.786. The lowest BCUT2D eigenvalue weighted by molar-refractivity contribution is -0.140. The third kappa shape index (κ3) is 13.3. The fourth-order valence-corrected chi connectivity index (χ4v) is 1.05. The minimum atomic E-state index is -0.390. The van der Waals surface area contributed by atoms with Gasteiger partial charge in [0.25, 0.3) is 0 Å². The molecule has 0 heterocycles. The molecule has 0 spiro atoms. The second kappa shape index (κ2) is 9.95. The molecule has 0 N–H and O–H groups in total. The van der Waals surface area contributed by atoms with E-state index in [9.17, 15) is 4.79 Å². The van der Waals surface area contributed by atoms with Gasteiger partial charge in [0.2, 0.25) is 0 Å². The highest BCUT2D eigenvalue weighted by atomic mass is 16.6. The van der Waals surface area contributed by atoms with Gasteiger partial charge in [-0.15, -0.1) is 0 Å². The van der Waals surface area contributed by atoms with Crippen molar-refractivity contribution in [2.24, 2.45) is 0 Å². The van der Waals surface area contributed by atoms with Crippen molar-refractivity contribution in [3.05, 3.63) is 12.2 Å². The molecule has 0 aliphatic carbocycles. The number of hydrogen-bond donors (Lipinski definition) is 0. The molecule has 5 nitrogen and oxygen atoms in total. The molecule has 0 rings (SSSR count). The van der Waals surface area contributed by atoms with Crippen LogP contribution in [-0.4, -0.2) is 51.2 Å². The molecule has 5 heteroatoms. The molecule has 0 amide bonds. The third-order valence-corrected chi connectivity index (χ3v) is 1.94. The minimum absolute atomic E-state index is 0.132. The maximum absolute atomic E-state index is 11.0. The molecule has 0 atom stereocenters. The highest BCUT2D eigenvalue weighted by Crippen LogP contribution is 2.05. The molecule has 0 aromatic carbocycles. The quantitative estimate of drug-likeness (QED) is 0.346. The van der Waals surface area contributed by atoms with Crippen LogP contribution in [0.25, 0.3) is 0 Å². The lowest BCUT2D eigenvalue weighted by Crippen LogP contribution is -2.22. The zero-order valence-corrected chi connectivity index (χ0v) is 12.5. The SMILES string of the molecule is C=C(C)C(=O)OCCOCCOCCOC(C)(C)C. The Morgan fingerprint density at radius 2 is 1.42 bits per heavy atom. The summed E-state index contributed by atoms with van der Waals surface area (Å²) in [6.07, 6.45) is 0. The van der Waals surface area contributed by atoms with E-state index in [2.05, 4.69) is 6.58 Å². The van der Waals surface area contributed by atoms with Gasteiger partial charge in [-0.2, -0.15) is 0 Å². The van der Waals surface area contributed by atoms with Crippen molar-refractivity contribution in [3.8, 4) is 0 Å². The Hall–Kier alpha value is -0.910. The summed E-state index contributed by atoms with van der Waals surface area (Å²) in [6, 6.07) is 0. The first-order valence-electron chi connectivity index (χ1n) is 6.45. The smallest absolute Gasteiger partial charge is 0.333 e. The molecule has 112 valence electrons. The third-order valence-electron chi connectivity index (χ3n) is 1.94. The van der Waals surface area contributed by atoms with Crippen LogP contribution in [0.3, 0.4) is 0 Å². The maximum Gasteiger partial charge on any atom is 0.333 e. The zero-order valence-electron chi connectivity index (χ0n) is 12.5. The standard InChI is InChI=1S/C14H26O5/c1-12(2)13(15)18-10-8-16-6-7-17-9-11-19-14(3,4)5/h1,6-11H2,2-5H3. The molecule has 0 aromatic rings. The number of ether oxygens (including phenoxy) is 4. The average Bonchev–Trinajstić information content (AvgIpc) is 2.29. The molecule has 0 saturated carbocycles. The van der Waals surface area contributed by atoms with E-state index in [4.69, 9.17) is 18.9 Å². The molecule has 0 bridgehead atoms. The van der Waals surface area contributed by atoms with E-state index in [1.165, 1.54) is 0 Å². The lowest BCUT2D eigenvalue weighted by Gasteiger charge is -2.19. The lowest BCUT2D eigenvalue weighted by atomic mass is 10.2.